The smallest absolute Gasteiger partial charge is 0.159 e. The summed E-state index contributed by atoms with van der Waals surface area (Å²) in [5.41, 5.74) is 15.5. The lowest BCUT2D eigenvalue weighted by Gasteiger charge is -2.29. The first kappa shape index (κ1) is 28.7. The van der Waals surface area contributed by atoms with E-state index >= 15 is 0 Å². The summed E-state index contributed by atoms with van der Waals surface area (Å²) < 4.78 is 6.59. The SMILES string of the molecule is CC1(C)c2cc(N(c3ccccc3S)c3cccc4c3oc3ccccc34)ccc2-c2cc3c(cc21)-c1ccc2ccccc2c1C3(C)C. The van der Waals surface area contributed by atoms with Crippen molar-refractivity contribution in [2.45, 2.75) is 43.4 Å². The fraction of sp³-hybridized carbons (Fsp3) is 0.130. The van der Waals surface area contributed by atoms with Crippen LogP contribution in [0.2, 0.25) is 0 Å². The Kier molecular flexibility index (Phi) is 5.81. The molecule has 0 fully saturated rings. The van der Waals surface area contributed by atoms with Crippen molar-refractivity contribution in [2.24, 2.45) is 0 Å². The van der Waals surface area contributed by atoms with Crippen molar-refractivity contribution >= 4 is 62.4 Å². The molecule has 0 N–H and O–H groups in total. The fourth-order valence-electron chi connectivity index (χ4n) is 8.92. The minimum absolute atomic E-state index is 0.105. The van der Waals surface area contributed by atoms with Crippen LogP contribution in [0.25, 0.3) is 55.0 Å². The molecule has 0 atom stereocenters. The number of anilines is 3. The second-order valence-electron chi connectivity index (χ2n) is 14.7. The van der Waals surface area contributed by atoms with Crippen molar-refractivity contribution in [2.75, 3.05) is 4.90 Å². The summed E-state index contributed by atoms with van der Waals surface area (Å²) in [5.74, 6) is 0. The van der Waals surface area contributed by atoms with Crippen LogP contribution in [-0.2, 0) is 10.8 Å². The normalized spacial score (nSPS) is 15.0. The number of benzene rings is 7. The lowest BCUT2D eigenvalue weighted by atomic mass is 9.78. The molecule has 2 aliphatic rings. The van der Waals surface area contributed by atoms with Crippen molar-refractivity contribution in [3.05, 3.63) is 156 Å². The predicted octanol–water partition coefficient (Wildman–Crippen LogP) is 13.1. The molecule has 1 heterocycles. The molecular weight excluding hydrogens is 615 g/mol. The molecule has 0 bridgehead atoms. The lowest BCUT2D eigenvalue weighted by Crippen LogP contribution is -2.18. The third-order valence-electron chi connectivity index (χ3n) is 11.3. The van der Waals surface area contributed by atoms with Crippen LogP contribution in [0.3, 0.4) is 0 Å². The van der Waals surface area contributed by atoms with E-state index in [2.05, 4.69) is 148 Å². The van der Waals surface area contributed by atoms with Gasteiger partial charge in [0.25, 0.3) is 0 Å². The van der Waals surface area contributed by atoms with Gasteiger partial charge in [0.15, 0.2) is 5.58 Å². The van der Waals surface area contributed by atoms with E-state index in [1.807, 2.05) is 18.2 Å². The third kappa shape index (κ3) is 3.85. The maximum absolute atomic E-state index is 6.59. The van der Waals surface area contributed by atoms with Crippen molar-refractivity contribution < 1.29 is 4.42 Å². The van der Waals surface area contributed by atoms with E-state index in [9.17, 15) is 0 Å². The van der Waals surface area contributed by atoms with E-state index in [0.717, 1.165) is 43.9 Å². The predicted molar refractivity (Wildman–Crippen MR) is 208 cm³/mol. The monoisotopic (exact) mass is 649 g/mol. The van der Waals surface area contributed by atoms with Crippen LogP contribution in [-0.4, -0.2) is 0 Å². The quantitative estimate of drug-likeness (QED) is 0.192. The maximum atomic E-state index is 6.59. The highest BCUT2D eigenvalue weighted by molar-refractivity contribution is 7.80. The van der Waals surface area contributed by atoms with Crippen LogP contribution >= 0.6 is 12.6 Å². The van der Waals surface area contributed by atoms with E-state index in [1.54, 1.807) is 0 Å². The minimum atomic E-state index is -0.197. The molecule has 2 nitrogen and oxygen atoms in total. The van der Waals surface area contributed by atoms with Crippen LogP contribution in [0.1, 0.15) is 49.9 Å². The second kappa shape index (κ2) is 9.90. The highest BCUT2D eigenvalue weighted by Gasteiger charge is 2.42. The molecule has 0 radical (unpaired) electrons. The Morgan fingerprint density at radius 3 is 1.98 bits per heavy atom. The van der Waals surface area contributed by atoms with E-state index in [-0.39, 0.29) is 10.8 Å². The van der Waals surface area contributed by atoms with E-state index in [0.29, 0.717) is 0 Å². The van der Waals surface area contributed by atoms with Gasteiger partial charge in [-0.05, 0) is 104 Å². The Morgan fingerprint density at radius 1 is 0.510 bits per heavy atom. The Bertz CT molecular complexity index is 2690. The van der Waals surface area contributed by atoms with E-state index in [1.165, 1.54) is 55.3 Å². The van der Waals surface area contributed by atoms with Gasteiger partial charge in [-0.25, -0.2) is 0 Å². The molecule has 0 aliphatic heterocycles. The summed E-state index contributed by atoms with van der Waals surface area (Å²) in [7, 11) is 0. The summed E-state index contributed by atoms with van der Waals surface area (Å²) in [6.45, 7) is 9.55. The number of hydrogen-bond acceptors (Lipinski definition) is 3. The van der Waals surface area contributed by atoms with Gasteiger partial charge in [0.2, 0.25) is 0 Å². The minimum Gasteiger partial charge on any atom is -0.454 e. The number of fused-ring (bicyclic) bond motifs is 11. The van der Waals surface area contributed by atoms with Gasteiger partial charge >= 0.3 is 0 Å². The maximum Gasteiger partial charge on any atom is 0.159 e. The zero-order chi connectivity index (χ0) is 33.2. The van der Waals surface area contributed by atoms with Crippen molar-refractivity contribution in [3.8, 4) is 22.3 Å². The highest BCUT2D eigenvalue weighted by atomic mass is 32.1. The van der Waals surface area contributed by atoms with Gasteiger partial charge < -0.3 is 9.32 Å². The topological polar surface area (TPSA) is 16.4 Å². The average Bonchev–Trinajstić information content (AvgIpc) is 3.68. The Hall–Kier alpha value is -5.25. The Balaban J connectivity index is 1.17. The van der Waals surface area contributed by atoms with Gasteiger partial charge in [-0.15, -0.1) is 12.6 Å². The van der Waals surface area contributed by atoms with E-state index in [4.69, 9.17) is 17.0 Å². The molecule has 49 heavy (non-hydrogen) atoms. The van der Waals surface area contributed by atoms with Crippen LogP contribution in [0.4, 0.5) is 17.1 Å². The summed E-state index contributed by atoms with van der Waals surface area (Å²) in [4.78, 5) is 3.22. The summed E-state index contributed by atoms with van der Waals surface area (Å²) in [5, 5.41) is 4.89. The van der Waals surface area contributed by atoms with Crippen LogP contribution in [0, 0.1) is 0 Å². The van der Waals surface area contributed by atoms with Gasteiger partial charge in [0, 0.05) is 32.2 Å². The molecule has 7 aromatic carbocycles. The Labute approximate surface area is 292 Å². The summed E-state index contributed by atoms with van der Waals surface area (Å²) in [6.07, 6.45) is 0. The van der Waals surface area contributed by atoms with Gasteiger partial charge in [0.05, 0.1) is 11.4 Å². The van der Waals surface area contributed by atoms with Crippen LogP contribution in [0.5, 0.6) is 0 Å². The second-order valence-corrected chi connectivity index (χ2v) is 15.2. The first-order chi connectivity index (χ1) is 23.7. The molecule has 1 aromatic heterocycles. The standard InChI is InChI=1S/C46H35NOS/c1-45(2)36-24-28(47(39-16-8-10-19-42(39)49)40-17-11-15-33-31-14-7-9-18-41(31)48-44(33)40)21-23-30(36)34-25-38-35(26-37(34)45)32-22-20-27-12-5-6-13-29(27)43(32)46(38,3)4/h5-26,49H,1-4H3. The Morgan fingerprint density at radius 2 is 1.14 bits per heavy atom. The van der Waals surface area contributed by atoms with Crippen molar-refractivity contribution in [1.82, 2.24) is 0 Å². The first-order valence-corrected chi connectivity index (χ1v) is 17.5. The lowest BCUT2D eigenvalue weighted by molar-refractivity contribution is 0.654. The fourth-order valence-corrected chi connectivity index (χ4v) is 9.18. The van der Waals surface area contributed by atoms with Gasteiger partial charge in [0.1, 0.15) is 5.58 Å². The molecule has 0 saturated carbocycles. The third-order valence-corrected chi connectivity index (χ3v) is 11.7. The molecule has 0 unspecified atom stereocenters. The molecule has 8 aromatic rings. The number of hydrogen-bond donors (Lipinski definition) is 1. The molecule has 0 saturated heterocycles. The van der Waals surface area contributed by atoms with E-state index < -0.39 is 0 Å². The van der Waals surface area contributed by atoms with Crippen molar-refractivity contribution in [1.29, 1.82) is 0 Å². The average molecular weight is 650 g/mol. The van der Waals surface area contributed by atoms with Gasteiger partial charge in [-0.3, -0.25) is 0 Å². The zero-order valence-corrected chi connectivity index (χ0v) is 28.9. The van der Waals surface area contributed by atoms with Gasteiger partial charge in [-0.2, -0.15) is 0 Å². The number of rotatable bonds is 3. The summed E-state index contributed by atoms with van der Waals surface area (Å²) in [6, 6.07) is 48.5. The van der Waals surface area contributed by atoms with Crippen LogP contribution < -0.4 is 4.90 Å². The molecule has 10 rings (SSSR count). The van der Waals surface area contributed by atoms with Crippen LogP contribution in [0.15, 0.2) is 143 Å². The molecule has 0 spiro atoms. The summed E-state index contributed by atoms with van der Waals surface area (Å²) >= 11 is 4.97. The number of thiol groups is 1. The highest BCUT2D eigenvalue weighted by Crippen LogP contribution is 2.58. The van der Waals surface area contributed by atoms with Gasteiger partial charge in [-0.1, -0.05) is 113 Å². The molecule has 0 amide bonds. The molecular formula is C46H35NOS. The number of para-hydroxylation sites is 3. The van der Waals surface area contributed by atoms with Crippen molar-refractivity contribution in [3.63, 3.8) is 0 Å². The first-order valence-electron chi connectivity index (χ1n) is 17.1. The molecule has 2 aliphatic carbocycles. The molecule has 236 valence electrons. The largest absolute Gasteiger partial charge is 0.454 e. The molecule has 3 heteroatoms. The zero-order valence-electron chi connectivity index (χ0n) is 28.0. The number of furan rings is 1. The number of nitrogens with zero attached hydrogens (tertiary/aromatic N) is 1.